The lowest BCUT2D eigenvalue weighted by atomic mass is 10.1. The molecule has 1 aliphatic rings. The number of hydrogen-bond donors (Lipinski definition) is 0. The molecular weight excluding hydrogens is 324 g/mol. The maximum Gasteiger partial charge on any atom is 0.225 e. The van der Waals surface area contributed by atoms with Gasteiger partial charge in [-0.25, -0.2) is 0 Å². The van der Waals surface area contributed by atoms with Crippen molar-refractivity contribution in [3.05, 3.63) is 41.4 Å². The molecule has 1 aromatic heterocycles. The number of rotatable bonds is 3. The maximum absolute atomic E-state index is 12.0. The smallest absolute Gasteiger partial charge is 0.225 e. The molecule has 2 aromatic rings. The molecule has 6 heteroatoms. The van der Waals surface area contributed by atoms with Gasteiger partial charge >= 0.3 is 0 Å². The van der Waals surface area contributed by atoms with E-state index in [1.807, 2.05) is 55.1 Å². The summed E-state index contributed by atoms with van der Waals surface area (Å²) in [6, 6.07) is 11.5. The van der Waals surface area contributed by atoms with Gasteiger partial charge in [-0.1, -0.05) is 37.6 Å². The standard InChI is InChI=1S/C18H21ClN4O/c1-13(2)18(24)23-11-9-22(10-12-23)17-8-7-16(20-21-17)14-3-5-15(19)6-4-14/h3-8,13H,9-12H2,1-2H3. The molecule has 24 heavy (non-hydrogen) atoms. The number of carbonyl (C=O) groups excluding carboxylic acids is 1. The third-order valence-electron chi connectivity index (χ3n) is 4.20. The number of piperazine rings is 1. The Balaban J connectivity index is 1.65. The molecule has 0 spiro atoms. The zero-order valence-electron chi connectivity index (χ0n) is 13.9. The van der Waals surface area contributed by atoms with E-state index in [2.05, 4.69) is 15.1 Å². The normalized spacial score (nSPS) is 15.0. The van der Waals surface area contributed by atoms with Gasteiger partial charge < -0.3 is 9.80 Å². The number of hydrogen-bond acceptors (Lipinski definition) is 4. The Morgan fingerprint density at radius 3 is 2.21 bits per heavy atom. The van der Waals surface area contributed by atoms with Crippen LogP contribution in [0.5, 0.6) is 0 Å². The van der Waals surface area contributed by atoms with E-state index in [1.165, 1.54) is 0 Å². The van der Waals surface area contributed by atoms with Crippen LogP contribution in [0, 0.1) is 5.92 Å². The lowest BCUT2D eigenvalue weighted by Gasteiger charge is -2.36. The largest absolute Gasteiger partial charge is 0.352 e. The number of anilines is 1. The summed E-state index contributed by atoms with van der Waals surface area (Å²) in [5.41, 5.74) is 1.81. The zero-order chi connectivity index (χ0) is 17.1. The van der Waals surface area contributed by atoms with E-state index >= 15 is 0 Å². The molecule has 0 aliphatic carbocycles. The molecular formula is C18H21ClN4O. The highest BCUT2D eigenvalue weighted by Gasteiger charge is 2.23. The first-order valence-electron chi connectivity index (χ1n) is 8.18. The zero-order valence-corrected chi connectivity index (χ0v) is 14.7. The Labute approximate surface area is 147 Å². The van der Waals surface area contributed by atoms with Gasteiger partial charge in [0, 0.05) is 42.7 Å². The van der Waals surface area contributed by atoms with E-state index in [9.17, 15) is 4.79 Å². The summed E-state index contributed by atoms with van der Waals surface area (Å²) >= 11 is 5.91. The van der Waals surface area contributed by atoms with Gasteiger partial charge in [-0.05, 0) is 24.3 Å². The predicted molar refractivity (Wildman–Crippen MR) is 96.1 cm³/mol. The molecule has 0 saturated carbocycles. The van der Waals surface area contributed by atoms with Crippen LogP contribution in [0.25, 0.3) is 11.3 Å². The predicted octanol–water partition coefficient (Wildman–Crippen LogP) is 3.10. The first kappa shape index (κ1) is 16.7. The van der Waals surface area contributed by atoms with Crippen molar-refractivity contribution in [2.75, 3.05) is 31.1 Å². The summed E-state index contributed by atoms with van der Waals surface area (Å²) in [5, 5.41) is 9.37. The van der Waals surface area contributed by atoms with Crippen molar-refractivity contribution in [3.8, 4) is 11.3 Å². The minimum atomic E-state index is 0.0509. The van der Waals surface area contributed by atoms with Crippen LogP contribution in [0.1, 0.15) is 13.8 Å². The van der Waals surface area contributed by atoms with Gasteiger partial charge in [0.15, 0.2) is 5.82 Å². The molecule has 1 fully saturated rings. The fraction of sp³-hybridized carbons (Fsp3) is 0.389. The molecule has 2 heterocycles. The minimum absolute atomic E-state index is 0.0509. The number of nitrogens with zero attached hydrogens (tertiary/aromatic N) is 4. The molecule has 0 N–H and O–H groups in total. The number of halogens is 1. The van der Waals surface area contributed by atoms with E-state index in [4.69, 9.17) is 11.6 Å². The molecule has 1 aliphatic heterocycles. The van der Waals surface area contributed by atoms with Gasteiger partial charge in [0.05, 0.1) is 5.69 Å². The third-order valence-corrected chi connectivity index (χ3v) is 4.45. The molecule has 1 aromatic carbocycles. The molecule has 3 rings (SSSR count). The van der Waals surface area contributed by atoms with Crippen molar-refractivity contribution in [3.63, 3.8) is 0 Å². The van der Waals surface area contributed by atoms with E-state index in [0.717, 1.165) is 43.3 Å². The summed E-state index contributed by atoms with van der Waals surface area (Å²) < 4.78 is 0. The number of benzene rings is 1. The molecule has 0 radical (unpaired) electrons. The SMILES string of the molecule is CC(C)C(=O)N1CCN(c2ccc(-c3ccc(Cl)cc3)nn2)CC1. The number of carbonyl (C=O) groups is 1. The van der Waals surface area contributed by atoms with E-state index < -0.39 is 0 Å². The van der Waals surface area contributed by atoms with Crippen LogP contribution in [0.4, 0.5) is 5.82 Å². The minimum Gasteiger partial charge on any atom is -0.352 e. The van der Waals surface area contributed by atoms with Crippen molar-refractivity contribution in [1.82, 2.24) is 15.1 Å². The van der Waals surface area contributed by atoms with Crippen molar-refractivity contribution in [2.24, 2.45) is 5.92 Å². The monoisotopic (exact) mass is 344 g/mol. The van der Waals surface area contributed by atoms with E-state index in [-0.39, 0.29) is 11.8 Å². The average Bonchev–Trinajstić information content (AvgIpc) is 2.62. The quantitative estimate of drug-likeness (QED) is 0.858. The van der Waals surface area contributed by atoms with Crippen molar-refractivity contribution in [1.29, 1.82) is 0 Å². The Hall–Kier alpha value is -2.14. The summed E-state index contributed by atoms with van der Waals surface area (Å²) in [7, 11) is 0. The van der Waals surface area contributed by atoms with Crippen LogP contribution in [0.15, 0.2) is 36.4 Å². The lowest BCUT2D eigenvalue weighted by Crippen LogP contribution is -2.50. The highest BCUT2D eigenvalue weighted by molar-refractivity contribution is 6.30. The van der Waals surface area contributed by atoms with Crippen molar-refractivity contribution >= 4 is 23.3 Å². The van der Waals surface area contributed by atoms with Crippen molar-refractivity contribution < 1.29 is 4.79 Å². The van der Waals surface area contributed by atoms with Crippen LogP contribution < -0.4 is 4.90 Å². The topological polar surface area (TPSA) is 49.3 Å². The van der Waals surface area contributed by atoms with Gasteiger partial charge in [0.2, 0.25) is 5.91 Å². The number of amides is 1. The highest BCUT2D eigenvalue weighted by atomic mass is 35.5. The Morgan fingerprint density at radius 1 is 1.00 bits per heavy atom. The fourth-order valence-corrected chi connectivity index (χ4v) is 2.92. The van der Waals surface area contributed by atoms with Crippen LogP contribution in [0.2, 0.25) is 5.02 Å². The fourth-order valence-electron chi connectivity index (χ4n) is 2.79. The van der Waals surface area contributed by atoms with Gasteiger partial charge in [0.25, 0.3) is 0 Å². The van der Waals surface area contributed by atoms with Crippen LogP contribution in [-0.4, -0.2) is 47.2 Å². The highest BCUT2D eigenvalue weighted by Crippen LogP contribution is 2.21. The van der Waals surface area contributed by atoms with Gasteiger partial charge in [-0.2, -0.15) is 0 Å². The molecule has 1 saturated heterocycles. The molecule has 126 valence electrons. The summed E-state index contributed by atoms with van der Waals surface area (Å²) in [4.78, 5) is 16.1. The van der Waals surface area contributed by atoms with Crippen LogP contribution in [0.3, 0.4) is 0 Å². The summed E-state index contributed by atoms with van der Waals surface area (Å²) in [6.45, 7) is 6.92. The van der Waals surface area contributed by atoms with Crippen LogP contribution >= 0.6 is 11.6 Å². The second kappa shape index (κ2) is 7.18. The molecule has 5 nitrogen and oxygen atoms in total. The molecule has 0 atom stereocenters. The second-order valence-electron chi connectivity index (χ2n) is 6.25. The first-order chi connectivity index (χ1) is 11.5. The first-order valence-corrected chi connectivity index (χ1v) is 8.56. The summed E-state index contributed by atoms with van der Waals surface area (Å²) in [5.74, 6) is 1.12. The third kappa shape index (κ3) is 3.67. The van der Waals surface area contributed by atoms with Gasteiger partial charge in [0.1, 0.15) is 0 Å². The molecule has 1 amide bonds. The average molecular weight is 345 g/mol. The molecule has 0 unspecified atom stereocenters. The summed E-state index contributed by atoms with van der Waals surface area (Å²) in [6.07, 6.45) is 0. The Bertz CT molecular complexity index is 692. The van der Waals surface area contributed by atoms with Crippen LogP contribution in [-0.2, 0) is 4.79 Å². The Morgan fingerprint density at radius 2 is 1.67 bits per heavy atom. The number of aromatic nitrogens is 2. The maximum atomic E-state index is 12.0. The Kier molecular flexibility index (Phi) is 5.00. The second-order valence-corrected chi connectivity index (χ2v) is 6.69. The van der Waals surface area contributed by atoms with E-state index in [1.54, 1.807) is 0 Å². The van der Waals surface area contributed by atoms with E-state index in [0.29, 0.717) is 5.02 Å². The van der Waals surface area contributed by atoms with Gasteiger partial charge in [-0.3, -0.25) is 4.79 Å². The lowest BCUT2D eigenvalue weighted by molar-refractivity contribution is -0.134. The van der Waals surface area contributed by atoms with Gasteiger partial charge in [-0.15, -0.1) is 10.2 Å². The van der Waals surface area contributed by atoms with Crippen molar-refractivity contribution in [2.45, 2.75) is 13.8 Å². The molecule has 0 bridgehead atoms.